The molecule has 0 fully saturated rings. The van der Waals surface area contributed by atoms with E-state index >= 15 is 0 Å². The lowest BCUT2D eigenvalue weighted by atomic mass is 10.3. The first-order chi connectivity index (χ1) is 11.2. The van der Waals surface area contributed by atoms with E-state index in [9.17, 15) is 4.79 Å². The van der Waals surface area contributed by atoms with Crippen molar-refractivity contribution in [2.75, 3.05) is 7.11 Å². The van der Waals surface area contributed by atoms with Crippen LogP contribution < -0.4 is 10.3 Å². The highest BCUT2D eigenvalue weighted by molar-refractivity contribution is 5.76. The second kappa shape index (κ2) is 5.20. The molecule has 0 atom stereocenters. The molecule has 7 nitrogen and oxygen atoms in total. The van der Waals surface area contributed by atoms with Crippen LogP contribution in [0.2, 0.25) is 0 Å². The zero-order chi connectivity index (χ0) is 15.8. The van der Waals surface area contributed by atoms with E-state index in [1.807, 2.05) is 18.2 Å². The maximum Gasteiger partial charge on any atom is 0.280 e. The van der Waals surface area contributed by atoms with Crippen LogP contribution in [0.3, 0.4) is 0 Å². The van der Waals surface area contributed by atoms with Crippen molar-refractivity contribution in [3.63, 3.8) is 0 Å². The van der Waals surface area contributed by atoms with Gasteiger partial charge in [-0.05, 0) is 24.3 Å². The molecule has 4 rings (SSSR count). The van der Waals surface area contributed by atoms with Crippen molar-refractivity contribution in [1.82, 2.24) is 24.5 Å². The molecule has 0 amide bonds. The largest absolute Gasteiger partial charge is 0.497 e. The zero-order valence-corrected chi connectivity index (χ0v) is 12.4. The zero-order valence-electron chi connectivity index (χ0n) is 12.4. The van der Waals surface area contributed by atoms with Gasteiger partial charge in [0.25, 0.3) is 5.56 Å². The molecule has 0 spiro atoms. The van der Waals surface area contributed by atoms with Crippen molar-refractivity contribution in [2.24, 2.45) is 0 Å². The van der Waals surface area contributed by atoms with Crippen molar-refractivity contribution in [1.29, 1.82) is 0 Å². The molecular weight excluding hydrogens is 294 g/mol. The summed E-state index contributed by atoms with van der Waals surface area (Å²) < 4.78 is 6.69. The molecule has 0 saturated heterocycles. The number of hydrogen-bond acceptors (Lipinski definition) is 5. The number of fused-ring (bicyclic) bond motifs is 2. The van der Waals surface area contributed by atoms with Gasteiger partial charge in [-0.25, -0.2) is 15.0 Å². The number of methoxy groups -OCH3 is 1. The third kappa shape index (κ3) is 2.32. The Morgan fingerprint density at radius 1 is 1.22 bits per heavy atom. The summed E-state index contributed by atoms with van der Waals surface area (Å²) in [4.78, 5) is 28.5. The van der Waals surface area contributed by atoms with E-state index in [-0.39, 0.29) is 5.56 Å². The molecular formula is C16H13N5O2. The minimum atomic E-state index is -0.186. The number of rotatable bonds is 3. The topological polar surface area (TPSA) is 85.7 Å². The highest BCUT2D eigenvalue weighted by Gasteiger charge is 2.08. The van der Waals surface area contributed by atoms with Gasteiger partial charge in [0.2, 0.25) is 0 Å². The van der Waals surface area contributed by atoms with Crippen molar-refractivity contribution < 1.29 is 4.74 Å². The number of imidazole rings is 1. The maximum atomic E-state index is 12.4. The molecule has 0 saturated carbocycles. The van der Waals surface area contributed by atoms with E-state index in [0.717, 1.165) is 16.8 Å². The van der Waals surface area contributed by atoms with E-state index < -0.39 is 0 Å². The molecule has 7 heteroatoms. The van der Waals surface area contributed by atoms with Gasteiger partial charge in [0, 0.05) is 12.3 Å². The predicted octanol–water partition coefficient (Wildman–Crippen LogP) is 1.72. The Balaban J connectivity index is 1.75. The van der Waals surface area contributed by atoms with Crippen LogP contribution in [0.25, 0.3) is 22.1 Å². The van der Waals surface area contributed by atoms with Crippen LogP contribution in [0, 0.1) is 0 Å². The van der Waals surface area contributed by atoms with E-state index in [1.165, 1.54) is 10.9 Å². The van der Waals surface area contributed by atoms with E-state index in [2.05, 4.69) is 19.9 Å². The van der Waals surface area contributed by atoms with Crippen LogP contribution >= 0.6 is 0 Å². The summed E-state index contributed by atoms with van der Waals surface area (Å²) in [6, 6.07) is 9.11. The average Bonchev–Trinajstić information content (AvgIpc) is 2.99. The van der Waals surface area contributed by atoms with Gasteiger partial charge in [-0.3, -0.25) is 9.36 Å². The Labute approximate surface area is 130 Å². The fourth-order valence-corrected chi connectivity index (χ4v) is 2.50. The summed E-state index contributed by atoms with van der Waals surface area (Å²) in [5.41, 5.74) is 2.43. The minimum absolute atomic E-state index is 0.186. The minimum Gasteiger partial charge on any atom is -0.497 e. The molecule has 23 heavy (non-hydrogen) atoms. The first-order valence-electron chi connectivity index (χ1n) is 7.07. The normalized spacial score (nSPS) is 11.2. The second-order valence-electron chi connectivity index (χ2n) is 5.12. The fraction of sp³-hybridized carbons (Fsp3) is 0.125. The third-order valence-corrected chi connectivity index (χ3v) is 3.64. The highest BCUT2D eigenvalue weighted by Crippen LogP contribution is 2.18. The van der Waals surface area contributed by atoms with Gasteiger partial charge in [-0.2, -0.15) is 0 Å². The van der Waals surface area contributed by atoms with Crippen molar-refractivity contribution in [3.05, 3.63) is 59.0 Å². The molecule has 3 aromatic heterocycles. The quantitative estimate of drug-likeness (QED) is 0.623. The standard InChI is InChI=1S/C16H13N5O2/c1-23-10-4-5-11-13(7-10)20-14(19-11)8-21-9-18-12-3-2-6-17-15(12)16(21)22/h2-7,9H,8H2,1H3,(H,19,20). The molecule has 1 N–H and O–H groups in total. The van der Waals surface area contributed by atoms with E-state index in [0.29, 0.717) is 23.4 Å². The van der Waals surface area contributed by atoms with Crippen LogP contribution in [-0.4, -0.2) is 31.6 Å². The number of H-pyrrole nitrogens is 1. The molecule has 0 aliphatic heterocycles. The summed E-state index contributed by atoms with van der Waals surface area (Å²) in [6.45, 7) is 0.301. The number of ether oxygens (including phenoxy) is 1. The van der Waals surface area contributed by atoms with Gasteiger partial charge in [0.1, 0.15) is 11.6 Å². The molecule has 114 valence electrons. The van der Waals surface area contributed by atoms with Crippen LogP contribution in [-0.2, 0) is 6.54 Å². The van der Waals surface area contributed by atoms with Crippen LogP contribution in [0.5, 0.6) is 5.75 Å². The number of aromatic amines is 1. The Bertz CT molecular complexity index is 1070. The molecule has 0 bridgehead atoms. The lowest BCUT2D eigenvalue weighted by molar-refractivity contribution is 0.415. The van der Waals surface area contributed by atoms with Gasteiger partial charge in [-0.1, -0.05) is 0 Å². The smallest absolute Gasteiger partial charge is 0.280 e. The van der Waals surface area contributed by atoms with Crippen LogP contribution in [0.15, 0.2) is 47.7 Å². The van der Waals surface area contributed by atoms with Gasteiger partial charge in [0.05, 0.1) is 36.5 Å². The number of hydrogen-bond donors (Lipinski definition) is 1. The molecule has 0 aliphatic carbocycles. The summed E-state index contributed by atoms with van der Waals surface area (Å²) in [5.74, 6) is 1.42. The number of benzene rings is 1. The lowest BCUT2D eigenvalue weighted by Crippen LogP contribution is -2.22. The van der Waals surface area contributed by atoms with Gasteiger partial charge < -0.3 is 9.72 Å². The van der Waals surface area contributed by atoms with Gasteiger partial charge >= 0.3 is 0 Å². The SMILES string of the molecule is COc1ccc2nc(Cn3cnc4cccnc4c3=O)[nH]c2c1. The second-order valence-corrected chi connectivity index (χ2v) is 5.12. The number of aromatic nitrogens is 5. The first kappa shape index (κ1) is 13.4. The lowest BCUT2D eigenvalue weighted by Gasteiger charge is -2.03. The molecule has 0 radical (unpaired) electrons. The Hall–Kier alpha value is -3.22. The number of nitrogens with one attached hydrogen (secondary N) is 1. The summed E-state index contributed by atoms with van der Waals surface area (Å²) in [7, 11) is 1.62. The van der Waals surface area contributed by atoms with Crippen LogP contribution in [0.1, 0.15) is 5.82 Å². The van der Waals surface area contributed by atoms with Gasteiger partial charge in [0.15, 0.2) is 5.52 Å². The molecule has 3 heterocycles. The van der Waals surface area contributed by atoms with Crippen molar-refractivity contribution >= 4 is 22.1 Å². The fourth-order valence-electron chi connectivity index (χ4n) is 2.50. The first-order valence-corrected chi connectivity index (χ1v) is 7.07. The maximum absolute atomic E-state index is 12.4. The average molecular weight is 307 g/mol. The summed E-state index contributed by atoms with van der Waals surface area (Å²) in [6.07, 6.45) is 3.10. The number of nitrogens with zero attached hydrogens (tertiary/aromatic N) is 4. The Morgan fingerprint density at radius 2 is 2.13 bits per heavy atom. The number of pyridine rings is 1. The Kier molecular flexibility index (Phi) is 3.04. The summed E-state index contributed by atoms with van der Waals surface area (Å²) >= 11 is 0. The van der Waals surface area contributed by atoms with Crippen molar-refractivity contribution in [3.8, 4) is 5.75 Å². The van der Waals surface area contributed by atoms with E-state index in [4.69, 9.17) is 4.74 Å². The van der Waals surface area contributed by atoms with Crippen LogP contribution in [0.4, 0.5) is 0 Å². The highest BCUT2D eigenvalue weighted by atomic mass is 16.5. The third-order valence-electron chi connectivity index (χ3n) is 3.64. The molecule has 1 aromatic carbocycles. The van der Waals surface area contributed by atoms with Crippen molar-refractivity contribution in [2.45, 2.75) is 6.54 Å². The van der Waals surface area contributed by atoms with E-state index in [1.54, 1.807) is 25.4 Å². The summed E-state index contributed by atoms with van der Waals surface area (Å²) in [5, 5.41) is 0. The predicted molar refractivity (Wildman–Crippen MR) is 85.5 cm³/mol. The molecule has 0 aliphatic rings. The molecule has 4 aromatic rings. The molecule has 0 unspecified atom stereocenters. The Morgan fingerprint density at radius 3 is 3.00 bits per heavy atom. The monoisotopic (exact) mass is 307 g/mol. The van der Waals surface area contributed by atoms with Gasteiger partial charge in [-0.15, -0.1) is 0 Å².